The monoisotopic (exact) mass is 1000 g/mol. The molecule has 0 saturated carbocycles. The summed E-state index contributed by atoms with van der Waals surface area (Å²) in [6.07, 6.45) is 73.7. The van der Waals surface area contributed by atoms with Crippen LogP contribution in [0.4, 0.5) is 0 Å². The number of allylic oxidation sites excluding steroid dienone is 2. The van der Waals surface area contributed by atoms with Gasteiger partial charge in [-0.05, 0) is 51.4 Å². The summed E-state index contributed by atoms with van der Waals surface area (Å²) in [5.41, 5.74) is 0. The first kappa shape index (κ1) is 69.6. The smallest absolute Gasteiger partial charge is 0.305 e. The summed E-state index contributed by atoms with van der Waals surface area (Å²) in [7, 11) is 0. The highest BCUT2D eigenvalue weighted by Crippen LogP contribution is 2.19. The Balaban J connectivity index is 3.40. The third kappa shape index (κ3) is 57.7. The second-order valence-corrected chi connectivity index (χ2v) is 22.5. The fourth-order valence-electron chi connectivity index (χ4n) is 10.3. The highest BCUT2D eigenvalue weighted by molar-refractivity contribution is 5.76. The van der Waals surface area contributed by atoms with E-state index in [0.717, 1.165) is 44.9 Å². The van der Waals surface area contributed by atoms with Crippen molar-refractivity contribution in [2.24, 2.45) is 0 Å². The van der Waals surface area contributed by atoms with Crippen LogP contribution in [0.15, 0.2) is 12.2 Å². The number of rotatable bonds is 61. The van der Waals surface area contributed by atoms with Crippen molar-refractivity contribution in [2.75, 3.05) is 13.2 Å². The lowest BCUT2D eigenvalue weighted by atomic mass is 10.0. The highest BCUT2D eigenvalue weighted by Gasteiger charge is 2.20. The molecule has 3 N–H and O–H groups in total. The van der Waals surface area contributed by atoms with Crippen LogP contribution in [-0.2, 0) is 14.3 Å². The number of hydrogen-bond donors (Lipinski definition) is 3. The van der Waals surface area contributed by atoms with Gasteiger partial charge in [-0.3, -0.25) is 9.59 Å². The van der Waals surface area contributed by atoms with Gasteiger partial charge in [0.25, 0.3) is 0 Å². The quantitative estimate of drug-likeness (QED) is 0.0320. The lowest BCUT2D eigenvalue weighted by Gasteiger charge is -2.22. The first-order chi connectivity index (χ1) is 35.0. The SMILES string of the molecule is CCCCCC/C=C\CCCCCCCC(=O)OCCCCCCCCCCCCCCCCCCCCC(=O)NC(CO)C(O)CCCCCCCCCCCCCCCCCCCCCCCCC. The Labute approximate surface area is 444 Å². The molecule has 0 aromatic rings. The van der Waals surface area contributed by atoms with Gasteiger partial charge in [0, 0.05) is 12.8 Å². The zero-order valence-electron chi connectivity index (χ0n) is 48.2. The van der Waals surface area contributed by atoms with Crippen molar-refractivity contribution >= 4 is 11.9 Å². The number of aliphatic hydroxyl groups excluding tert-OH is 2. The number of amides is 1. The van der Waals surface area contributed by atoms with Gasteiger partial charge in [-0.1, -0.05) is 315 Å². The summed E-state index contributed by atoms with van der Waals surface area (Å²) in [5, 5.41) is 23.4. The summed E-state index contributed by atoms with van der Waals surface area (Å²) in [4.78, 5) is 24.6. The van der Waals surface area contributed by atoms with E-state index in [1.165, 1.54) is 289 Å². The third-order valence-corrected chi connectivity index (χ3v) is 15.3. The molecule has 1 amide bonds. The maximum absolute atomic E-state index is 12.5. The molecule has 0 fully saturated rings. The Bertz CT molecular complexity index is 1060. The van der Waals surface area contributed by atoms with E-state index in [4.69, 9.17) is 4.74 Å². The maximum atomic E-state index is 12.5. The van der Waals surface area contributed by atoms with Crippen LogP contribution in [0.2, 0.25) is 0 Å². The number of esters is 1. The first-order valence-corrected chi connectivity index (χ1v) is 32.4. The molecule has 0 aliphatic rings. The molecule has 0 rings (SSSR count). The zero-order valence-corrected chi connectivity index (χ0v) is 48.2. The van der Waals surface area contributed by atoms with Crippen LogP contribution in [-0.4, -0.2) is 47.4 Å². The lowest BCUT2D eigenvalue weighted by Crippen LogP contribution is -2.45. The van der Waals surface area contributed by atoms with Crippen molar-refractivity contribution in [3.63, 3.8) is 0 Å². The molecule has 422 valence electrons. The lowest BCUT2D eigenvalue weighted by molar-refractivity contribution is -0.143. The van der Waals surface area contributed by atoms with Gasteiger partial charge in [-0.15, -0.1) is 0 Å². The van der Waals surface area contributed by atoms with Gasteiger partial charge in [0.05, 0.1) is 25.4 Å². The van der Waals surface area contributed by atoms with Crippen molar-refractivity contribution in [1.82, 2.24) is 5.32 Å². The Hall–Kier alpha value is -1.40. The summed E-state index contributed by atoms with van der Waals surface area (Å²) in [6.45, 7) is 4.96. The first-order valence-electron chi connectivity index (χ1n) is 32.4. The summed E-state index contributed by atoms with van der Waals surface area (Å²) in [6, 6.07) is -0.545. The molecule has 0 spiro atoms. The standard InChI is InChI=1S/C65H127NO5/c1-3-5-7-9-11-13-15-17-18-19-20-21-22-23-24-27-30-34-37-41-45-49-53-57-63(68)62(61-67)66-64(69)58-54-50-46-42-38-35-31-28-25-26-29-32-36-40-44-48-52-56-60-71-65(70)59-55-51-47-43-39-33-16-14-12-10-8-6-4-2/h14,16,62-63,67-68H,3-13,15,17-61H2,1-2H3,(H,66,69)/b16-14-. The second-order valence-electron chi connectivity index (χ2n) is 22.5. The summed E-state index contributed by atoms with van der Waals surface area (Å²) in [5.74, 6) is -0.0354. The molecule has 0 aromatic carbocycles. The fourth-order valence-corrected chi connectivity index (χ4v) is 10.3. The van der Waals surface area contributed by atoms with Gasteiger partial charge in [0.1, 0.15) is 0 Å². The number of carbonyl (C=O) groups excluding carboxylic acids is 2. The van der Waals surface area contributed by atoms with E-state index in [1.54, 1.807) is 0 Å². The predicted molar refractivity (Wildman–Crippen MR) is 310 cm³/mol. The minimum absolute atomic E-state index is 0.000780. The van der Waals surface area contributed by atoms with Crippen LogP contribution in [0.1, 0.15) is 367 Å². The van der Waals surface area contributed by atoms with Crippen molar-refractivity contribution in [1.29, 1.82) is 0 Å². The zero-order chi connectivity index (χ0) is 51.4. The van der Waals surface area contributed by atoms with Gasteiger partial charge >= 0.3 is 5.97 Å². The van der Waals surface area contributed by atoms with E-state index >= 15 is 0 Å². The summed E-state index contributed by atoms with van der Waals surface area (Å²) >= 11 is 0. The molecular formula is C65H127NO5. The topological polar surface area (TPSA) is 95.9 Å². The van der Waals surface area contributed by atoms with Crippen molar-refractivity contribution < 1.29 is 24.5 Å². The number of hydrogen-bond acceptors (Lipinski definition) is 5. The number of ether oxygens (including phenoxy) is 1. The normalized spacial score (nSPS) is 12.6. The van der Waals surface area contributed by atoms with Crippen LogP contribution in [0, 0.1) is 0 Å². The van der Waals surface area contributed by atoms with Gasteiger partial charge in [-0.2, -0.15) is 0 Å². The van der Waals surface area contributed by atoms with Gasteiger partial charge in [0.15, 0.2) is 0 Å². The van der Waals surface area contributed by atoms with Crippen LogP contribution in [0.5, 0.6) is 0 Å². The van der Waals surface area contributed by atoms with E-state index in [-0.39, 0.29) is 18.5 Å². The second kappa shape index (κ2) is 61.1. The third-order valence-electron chi connectivity index (χ3n) is 15.3. The molecule has 6 heteroatoms. The number of aliphatic hydroxyl groups is 2. The van der Waals surface area contributed by atoms with Crippen LogP contribution in [0.25, 0.3) is 0 Å². The minimum Gasteiger partial charge on any atom is -0.466 e. The molecule has 2 unspecified atom stereocenters. The predicted octanol–water partition coefficient (Wildman–Crippen LogP) is 20.4. The van der Waals surface area contributed by atoms with E-state index in [0.29, 0.717) is 25.9 Å². The molecule has 2 atom stereocenters. The van der Waals surface area contributed by atoms with Gasteiger partial charge in [-0.25, -0.2) is 0 Å². The van der Waals surface area contributed by atoms with E-state index in [1.807, 2.05) is 0 Å². The average molecular weight is 1000 g/mol. The molecule has 0 radical (unpaired) electrons. The minimum atomic E-state index is -0.668. The largest absolute Gasteiger partial charge is 0.466 e. The molecule has 0 aliphatic carbocycles. The van der Waals surface area contributed by atoms with Crippen LogP contribution in [0.3, 0.4) is 0 Å². The molecule has 0 saturated heterocycles. The van der Waals surface area contributed by atoms with Gasteiger partial charge in [0.2, 0.25) is 5.91 Å². The molecule has 6 nitrogen and oxygen atoms in total. The van der Waals surface area contributed by atoms with E-state index < -0.39 is 12.1 Å². The van der Waals surface area contributed by atoms with Crippen molar-refractivity contribution in [2.45, 2.75) is 379 Å². The molecule has 0 bridgehead atoms. The number of unbranched alkanes of at least 4 members (excludes halogenated alkanes) is 48. The molecule has 0 heterocycles. The Kier molecular flexibility index (Phi) is 59.9. The van der Waals surface area contributed by atoms with E-state index in [9.17, 15) is 19.8 Å². The van der Waals surface area contributed by atoms with Gasteiger partial charge < -0.3 is 20.3 Å². The molecule has 0 aromatic heterocycles. The number of carbonyl (C=O) groups is 2. The van der Waals surface area contributed by atoms with E-state index in [2.05, 4.69) is 31.3 Å². The fraction of sp³-hybridized carbons (Fsp3) is 0.938. The Morgan fingerprint density at radius 2 is 0.662 bits per heavy atom. The van der Waals surface area contributed by atoms with Crippen molar-refractivity contribution in [3.05, 3.63) is 12.2 Å². The Morgan fingerprint density at radius 1 is 0.380 bits per heavy atom. The average Bonchev–Trinajstić information content (AvgIpc) is 3.37. The molecule has 0 aliphatic heterocycles. The molecular weight excluding hydrogens is 875 g/mol. The maximum Gasteiger partial charge on any atom is 0.305 e. The van der Waals surface area contributed by atoms with Crippen LogP contribution >= 0.6 is 0 Å². The number of nitrogens with one attached hydrogen (secondary N) is 1. The summed E-state index contributed by atoms with van der Waals surface area (Å²) < 4.78 is 5.47. The Morgan fingerprint density at radius 3 is 1.01 bits per heavy atom. The van der Waals surface area contributed by atoms with Crippen LogP contribution < -0.4 is 5.32 Å². The van der Waals surface area contributed by atoms with Crippen molar-refractivity contribution in [3.8, 4) is 0 Å². The molecule has 71 heavy (non-hydrogen) atoms. The highest BCUT2D eigenvalue weighted by atomic mass is 16.5.